The summed E-state index contributed by atoms with van der Waals surface area (Å²) in [5.74, 6) is 2.43. The van der Waals surface area contributed by atoms with Crippen LogP contribution in [0, 0.1) is 0 Å². The summed E-state index contributed by atoms with van der Waals surface area (Å²) in [6, 6.07) is 15.3. The molecule has 2 fully saturated rings. The molecule has 1 amide bonds. The number of ether oxygens (including phenoxy) is 1. The van der Waals surface area contributed by atoms with Crippen LogP contribution in [0.15, 0.2) is 53.1 Å². The lowest BCUT2D eigenvalue weighted by atomic mass is 10.1. The van der Waals surface area contributed by atoms with E-state index in [0.717, 1.165) is 43.1 Å². The Bertz CT molecular complexity index is 1090. The summed E-state index contributed by atoms with van der Waals surface area (Å²) < 4.78 is 11.1. The number of amides is 1. The first-order chi connectivity index (χ1) is 15.6. The van der Waals surface area contributed by atoms with Crippen LogP contribution in [0.1, 0.15) is 31.6 Å². The molecular formula is C24H25ClN4O3. The van der Waals surface area contributed by atoms with Gasteiger partial charge in [-0.25, -0.2) is 0 Å². The minimum atomic E-state index is -0.560. The van der Waals surface area contributed by atoms with Crippen molar-refractivity contribution < 1.29 is 14.1 Å². The van der Waals surface area contributed by atoms with Crippen LogP contribution in [0.4, 0.5) is 5.69 Å². The maximum Gasteiger partial charge on any atom is 0.263 e. The first-order valence-corrected chi connectivity index (χ1v) is 11.3. The molecule has 7 nitrogen and oxygen atoms in total. The highest BCUT2D eigenvalue weighted by atomic mass is 35.5. The van der Waals surface area contributed by atoms with Crippen molar-refractivity contribution in [3.63, 3.8) is 0 Å². The van der Waals surface area contributed by atoms with Gasteiger partial charge in [0, 0.05) is 48.4 Å². The smallest absolute Gasteiger partial charge is 0.263 e. The molecule has 3 aromatic rings. The van der Waals surface area contributed by atoms with E-state index < -0.39 is 6.10 Å². The third-order valence-corrected chi connectivity index (χ3v) is 6.14. The fraction of sp³-hybridized carbons (Fsp3) is 0.375. The molecule has 8 heteroatoms. The molecule has 0 radical (unpaired) electrons. The Labute approximate surface area is 191 Å². The maximum atomic E-state index is 12.8. The predicted octanol–water partition coefficient (Wildman–Crippen LogP) is 4.38. The Hall–Kier alpha value is -3.06. The Morgan fingerprint density at radius 1 is 1.12 bits per heavy atom. The summed E-state index contributed by atoms with van der Waals surface area (Å²) in [5.41, 5.74) is 2.07. The average Bonchev–Trinajstić information content (AvgIpc) is 3.55. The molecule has 0 N–H and O–H groups in total. The number of nitrogens with zero attached hydrogens (tertiary/aromatic N) is 4. The highest BCUT2D eigenvalue weighted by Crippen LogP contribution is 2.39. The lowest BCUT2D eigenvalue weighted by molar-refractivity contribution is -0.138. The topological polar surface area (TPSA) is 71.7 Å². The Kier molecular flexibility index (Phi) is 5.74. The second kappa shape index (κ2) is 8.82. The van der Waals surface area contributed by atoms with Gasteiger partial charge in [-0.2, -0.15) is 4.98 Å². The molecule has 166 valence electrons. The zero-order chi connectivity index (χ0) is 22.1. The molecule has 0 bridgehead atoms. The normalized spacial score (nSPS) is 17.3. The quantitative estimate of drug-likeness (QED) is 0.552. The van der Waals surface area contributed by atoms with Gasteiger partial charge in [0.05, 0.1) is 0 Å². The molecule has 0 unspecified atom stereocenters. The van der Waals surface area contributed by atoms with Crippen LogP contribution >= 0.6 is 11.6 Å². The van der Waals surface area contributed by atoms with Crippen molar-refractivity contribution in [2.75, 3.05) is 31.1 Å². The number of benzene rings is 2. The predicted molar refractivity (Wildman–Crippen MR) is 122 cm³/mol. The van der Waals surface area contributed by atoms with Crippen LogP contribution in [0.2, 0.25) is 5.02 Å². The molecule has 1 saturated carbocycles. The minimum Gasteiger partial charge on any atom is -0.481 e. The maximum absolute atomic E-state index is 12.8. The van der Waals surface area contributed by atoms with Crippen LogP contribution in [-0.4, -0.2) is 53.2 Å². The van der Waals surface area contributed by atoms with Crippen LogP contribution < -0.4 is 9.64 Å². The molecular weight excluding hydrogens is 428 g/mol. The standard InChI is InChI=1S/C24H25ClN4O3/c1-16(31-21-4-2-3-19(25)15-21)24(30)29-13-11-28(12-14-29)20-9-7-17(8-10-20)22-26-23(32-27-22)18-5-6-18/h2-4,7-10,15-16,18H,5-6,11-14H2,1H3/t16-/m0/s1. The van der Waals surface area contributed by atoms with E-state index in [1.807, 2.05) is 23.1 Å². The molecule has 1 atom stereocenters. The van der Waals surface area contributed by atoms with Gasteiger partial charge in [0.15, 0.2) is 6.10 Å². The number of anilines is 1. The number of carbonyl (C=O) groups excluding carboxylic acids is 1. The molecule has 0 spiro atoms. The lowest BCUT2D eigenvalue weighted by Gasteiger charge is -2.37. The number of halogens is 1. The van der Waals surface area contributed by atoms with Crippen LogP contribution in [0.3, 0.4) is 0 Å². The molecule has 2 aromatic carbocycles. The van der Waals surface area contributed by atoms with Gasteiger partial charge in [-0.1, -0.05) is 22.8 Å². The van der Waals surface area contributed by atoms with E-state index in [-0.39, 0.29) is 5.91 Å². The van der Waals surface area contributed by atoms with Crippen molar-refractivity contribution in [3.8, 4) is 17.1 Å². The fourth-order valence-electron chi connectivity index (χ4n) is 3.91. The first-order valence-electron chi connectivity index (χ1n) is 11.0. The van der Waals surface area contributed by atoms with E-state index in [0.29, 0.717) is 35.6 Å². The number of aromatic nitrogens is 2. The highest BCUT2D eigenvalue weighted by Gasteiger charge is 2.30. The average molecular weight is 453 g/mol. The van der Waals surface area contributed by atoms with E-state index >= 15 is 0 Å². The van der Waals surface area contributed by atoms with Crippen LogP contribution in [0.25, 0.3) is 11.4 Å². The van der Waals surface area contributed by atoms with Gasteiger partial charge in [0.1, 0.15) is 5.75 Å². The van der Waals surface area contributed by atoms with E-state index in [4.69, 9.17) is 20.9 Å². The van der Waals surface area contributed by atoms with Gasteiger partial charge < -0.3 is 19.1 Å². The zero-order valence-corrected chi connectivity index (χ0v) is 18.7. The van der Waals surface area contributed by atoms with Gasteiger partial charge in [0.2, 0.25) is 11.7 Å². The summed E-state index contributed by atoms with van der Waals surface area (Å²) in [6.07, 6.45) is 1.72. The van der Waals surface area contributed by atoms with Gasteiger partial charge in [-0.05, 0) is 62.2 Å². The molecule has 1 aromatic heterocycles. The van der Waals surface area contributed by atoms with Crippen molar-refractivity contribution in [1.82, 2.24) is 15.0 Å². The first kappa shape index (κ1) is 20.8. The number of hydrogen-bond acceptors (Lipinski definition) is 6. The Morgan fingerprint density at radius 2 is 1.88 bits per heavy atom. The van der Waals surface area contributed by atoms with E-state index in [1.54, 1.807) is 25.1 Å². The monoisotopic (exact) mass is 452 g/mol. The highest BCUT2D eigenvalue weighted by molar-refractivity contribution is 6.30. The number of hydrogen-bond donors (Lipinski definition) is 0. The molecule has 32 heavy (non-hydrogen) atoms. The van der Waals surface area contributed by atoms with Crippen molar-refractivity contribution in [3.05, 3.63) is 59.4 Å². The van der Waals surface area contributed by atoms with Gasteiger partial charge >= 0.3 is 0 Å². The summed E-state index contributed by atoms with van der Waals surface area (Å²) in [5, 5.41) is 4.69. The van der Waals surface area contributed by atoms with Gasteiger partial charge in [-0.15, -0.1) is 0 Å². The Balaban J connectivity index is 1.15. The van der Waals surface area contributed by atoms with Crippen LogP contribution in [0.5, 0.6) is 5.75 Å². The summed E-state index contributed by atoms with van der Waals surface area (Å²) in [6.45, 7) is 4.62. The second-order valence-corrected chi connectivity index (χ2v) is 8.74. The third kappa shape index (κ3) is 4.58. The van der Waals surface area contributed by atoms with Crippen molar-refractivity contribution in [1.29, 1.82) is 0 Å². The molecule has 2 heterocycles. The van der Waals surface area contributed by atoms with Gasteiger partial charge in [0.25, 0.3) is 5.91 Å². The third-order valence-electron chi connectivity index (χ3n) is 5.91. The molecule has 1 aliphatic heterocycles. The van der Waals surface area contributed by atoms with Crippen LogP contribution in [-0.2, 0) is 4.79 Å². The Morgan fingerprint density at radius 3 is 2.56 bits per heavy atom. The SMILES string of the molecule is C[C@H](Oc1cccc(Cl)c1)C(=O)N1CCN(c2ccc(-c3noc(C4CC4)n3)cc2)CC1. The van der Waals surface area contributed by atoms with E-state index in [2.05, 4.69) is 27.2 Å². The summed E-state index contributed by atoms with van der Waals surface area (Å²) in [4.78, 5) is 21.5. The largest absolute Gasteiger partial charge is 0.481 e. The lowest BCUT2D eigenvalue weighted by Crippen LogP contribution is -2.52. The van der Waals surface area contributed by atoms with Crippen molar-refractivity contribution in [2.45, 2.75) is 31.8 Å². The second-order valence-electron chi connectivity index (χ2n) is 8.31. The van der Waals surface area contributed by atoms with E-state index in [9.17, 15) is 4.79 Å². The molecule has 2 aliphatic rings. The number of carbonyl (C=O) groups is 1. The number of rotatable bonds is 6. The molecule has 5 rings (SSSR count). The molecule has 1 saturated heterocycles. The van der Waals surface area contributed by atoms with Gasteiger partial charge in [-0.3, -0.25) is 4.79 Å². The zero-order valence-electron chi connectivity index (χ0n) is 17.9. The molecule has 1 aliphatic carbocycles. The fourth-order valence-corrected chi connectivity index (χ4v) is 4.09. The van der Waals surface area contributed by atoms with E-state index in [1.165, 1.54) is 0 Å². The summed E-state index contributed by atoms with van der Waals surface area (Å²) in [7, 11) is 0. The number of piperazine rings is 1. The minimum absolute atomic E-state index is 0.0106. The van der Waals surface area contributed by atoms with Crippen molar-refractivity contribution in [2.24, 2.45) is 0 Å². The van der Waals surface area contributed by atoms with Crippen molar-refractivity contribution >= 4 is 23.2 Å². The summed E-state index contributed by atoms with van der Waals surface area (Å²) >= 11 is 6.00.